The van der Waals surface area contributed by atoms with Crippen LogP contribution in [0.2, 0.25) is 0 Å². The van der Waals surface area contributed by atoms with E-state index in [-0.39, 0.29) is 12.0 Å². The first-order chi connectivity index (χ1) is 20.8. The molecular formula is C38H29N3O. The van der Waals surface area contributed by atoms with Crippen molar-refractivity contribution in [1.29, 1.82) is 0 Å². The van der Waals surface area contributed by atoms with E-state index < -0.39 is 0 Å². The van der Waals surface area contributed by atoms with Gasteiger partial charge >= 0.3 is 0 Å². The number of hydrogen-bond acceptors (Lipinski definition) is 3. The average molecular weight is 544 g/mol. The highest BCUT2D eigenvalue weighted by Gasteiger charge is 2.40. The molecule has 0 fully saturated rings. The zero-order valence-electron chi connectivity index (χ0n) is 23.2. The van der Waals surface area contributed by atoms with Crippen LogP contribution in [0.25, 0.3) is 39.4 Å². The Bertz CT molecular complexity index is 2090. The summed E-state index contributed by atoms with van der Waals surface area (Å²) < 4.78 is 8.65. The molecule has 4 aliphatic rings. The maximum absolute atomic E-state index is 6.39. The van der Waals surface area contributed by atoms with Crippen LogP contribution in [0, 0.1) is 0 Å². The zero-order valence-corrected chi connectivity index (χ0v) is 23.2. The summed E-state index contributed by atoms with van der Waals surface area (Å²) in [6, 6.07) is 25.5. The Balaban J connectivity index is 1.25. The molecule has 0 radical (unpaired) electrons. The maximum atomic E-state index is 6.39. The third-order valence-electron chi connectivity index (χ3n) is 9.22. The lowest BCUT2D eigenvalue weighted by molar-refractivity contribution is 0.267. The molecule has 0 N–H and O–H groups in total. The molecular weight excluding hydrogens is 514 g/mol. The van der Waals surface area contributed by atoms with E-state index in [1.165, 1.54) is 33.2 Å². The van der Waals surface area contributed by atoms with Crippen LogP contribution in [0.3, 0.4) is 0 Å². The SMILES string of the molecule is C1=CCCC(C2=CC=C(c3nc(-n4c5c(c6ccccc64)C4c6ccccc6OC4C=C5)nc4ccccc34)CC2)=C1. The Kier molecular flexibility index (Phi) is 5.24. The minimum absolute atomic E-state index is 0.00890. The summed E-state index contributed by atoms with van der Waals surface area (Å²) in [5.41, 5.74) is 11.0. The molecule has 2 aromatic heterocycles. The van der Waals surface area contributed by atoms with Crippen molar-refractivity contribution in [3.05, 3.63) is 143 Å². The second kappa shape index (κ2) is 9.28. The van der Waals surface area contributed by atoms with Crippen LogP contribution in [-0.4, -0.2) is 20.6 Å². The van der Waals surface area contributed by atoms with Gasteiger partial charge in [-0.05, 0) is 78.3 Å². The van der Waals surface area contributed by atoms with Crippen molar-refractivity contribution < 1.29 is 4.74 Å². The quantitative estimate of drug-likeness (QED) is 0.228. The lowest BCUT2D eigenvalue weighted by Crippen LogP contribution is -2.21. The van der Waals surface area contributed by atoms with Gasteiger partial charge in [-0.25, -0.2) is 9.97 Å². The predicted octanol–water partition coefficient (Wildman–Crippen LogP) is 8.87. The van der Waals surface area contributed by atoms with E-state index in [4.69, 9.17) is 14.7 Å². The van der Waals surface area contributed by atoms with E-state index in [0.717, 1.165) is 59.2 Å². The normalized spacial score (nSPS) is 20.4. The maximum Gasteiger partial charge on any atom is 0.235 e. The van der Waals surface area contributed by atoms with Gasteiger partial charge in [-0.3, -0.25) is 4.57 Å². The molecule has 0 spiro atoms. The van der Waals surface area contributed by atoms with Gasteiger partial charge in [0.15, 0.2) is 0 Å². The van der Waals surface area contributed by atoms with E-state index in [9.17, 15) is 0 Å². The standard InChI is InChI=1S/C38H29N3O/c1-2-10-24(11-3-1)25-18-20-26(21-19-25)37-27-12-4-7-15-30(27)39-38(40-37)41-31-16-8-5-13-28(31)35-32(41)22-23-34-36(35)29-14-6-9-17-33(29)42-34/h1-2,4-10,12-18,20,22-23,34,36H,3,11,19,21H2. The van der Waals surface area contributed by atoms with Gasteiger partial charge in [-0.1, -0.05) is 85.0 Å². The summed E-state index contributed by atoms with van der Waals surface area (Å²) in [6.07, 6.45) is 20.0. The van der Waals surface area contributed by atoms with E-state index in [2.05, 4.69) is 120 Å². The van der Waals surface area contributed by atoms with Gasteiger partial charge in [0, 0.05) is 16.3 Å². The van der Waals surface area contributed by atoms with Gasteiger partial charge in [-0.15, -0.1) is 0 Å². The van der Waals surface area contributed by atoms with Crippen molar-refractivity contribution >= 4 is 33.5 Å². The smallest absolute Gasteiger partial charge is 0.235 e. The molecule has 9 rings (SSSR count). The van der Waals surface area contributed by atoms with Crippen LogP contribution >= 0.6 is 0 Å². The lowest BCUT2D eigenvalue weighted by atomic mass is 9.83. The molecule has 0 bridgehead atoms. The Morgan fingerprint density at radius 3 is 2.40 bits per heavy atom. The molecule has 4 nitrogen and oxygen atoms in total. The van der Waals surface area contributed by atoms with E-state index >= 15 is 0 Å². The first kappa shape index (κ1) is 23.7. The average Bonchev–Trinajstić information content (AvgIpc) is 3.60. The second-order valence-corrected chi connectivity index (χ2v) is 11.5. The summed E-state index contributed by atoms with van der Waals surface area (Å²) in [6.45, 7) is 0. The second-order valence-electron chi connectivity index (χ2n) is 11.5. The first-order valence-electron chi connectivity index (χ1n) is 14.9. The van der Waals surface area contributed by atoms with Crippen LogP contribution in [0.4, 0.5) is 0 Å². The Morgan fingerprint density at radius 1 is 0.738 bits per heavy atom. The van der Waals surface area contributed by atoms with Crippen LogP contribution in [0.5, 0.6) is 5.75 Å². The number of rotatable bonds is 3. The monoisotopic (exact) mass is 543 g/mol. The van der Waals surface area contributed by atoms with Crippen molar-refractivity contribution in [2.24, 2.45) is 0 Å². The Morgan fingerprint density at radius 2 is 1.52 bits per heavy atom. The number of fused-ring (bicyclic) bond motifs is 8. The number of aromatic nitrogens is 3. The fourth-order valence-electron chi connectivity index (χ4n) is 7.27. The van der Waals surface area contributed by atoms with E-state index in [0.29, 0.717) is 5.95 Å². The molecule has 3 aromatic carbocycles. The Hall–Kier alpha value is -4.96. The van der Waals surface area contributed by atoms with Gasteiger partial charge < -0.3 is 4.74 Å². The zero-order chi connectivity index (χ0) is 27.6. The van der Waals surface area contributed by atoms with Crippen molar-refractivity contribution in [3.8, 4) is 11.7 Å². The largest absolute Gasteiger partial charge is 0.485 e. The van der Waals surface area contributed by atoms with Crippen LogP contribution in [0.15, 0.2) is 120 Å². The molecule has 4 heteroatoms. The fraction of sp³-hybridized carbons (Fsp3) is 0.158. The van der Waals surface area contributed by atoms with Crippen molar-refractivity contribution in [2.45, 2.75) is 37.7 Å². The minimum Gasteiger partial charge on any atom is -0.485 e. The van der Waals surface area contributed by atoms with Gasteiger partial charge in [0.25, 0.3) is 0 Å². The molecule has 0 amide bonds. The molecule has 42 heavy (non-hydrogen) atoms. The molecule has 0 saturated heterocycles. The third-order valence-corrected chi connectivity index (χ3v) is 9.22. The van der Waals surface area contributed by atoms with Crippen LogP contribution < -0.4 is 4.74 Å². The van der Waals surface area contributed by atoms with E-state index in [1.54, 1.807) is 0 Å². The highest BCUT2D eigenvalue weighted by molar-refractivity contribution is 5.94. The molecule has 5 aromatic rings. The summed E-state index contributed by atoms with van der Waals surface area (Å²) in [5.74, 6) is 1.83. The molecule has 0 saturated carbocycles. The topological polar surface area (TPSA) is 39.9 Å². The van der Waals surface area contributed by atoms with Crippen LogP contribution in [0.1, 0.15) is 54.1 Å². The lowest BCUT2D eigenvalue weighted by Gasteiger charge is -2.22. The van der Waals surface area contributed by atoms with Crippen molar-refractivity contribution in [1.82, 2.24) is 14.5 Å². The predicted molar refractivity (Wildman–Crippen MR) is 170 cm³/mol. The number of allylic oxidation sites excluding steroid dienone is 8. The first-order valence-corrected chi connectivity index (χ1v) is 14.9. The highest BCUT2D eigenvalue weighted by Crippen LogP contribution is 2.49. The molecule has 3 aliphatic carbocycles. The molecule has 1 aliphatic heterocycles. The van der Waals surface area contributed by atoms with E-state index in [1.807, 2.05) is 0 Å². The van der Waals surface area contributed by atoms with Gasteiger partial charge in [-0.2, -0.15) is 0 Å². The minimum atomic E-state index is -0.00890. The number of benzene rings is 3. The fourth-order valence-corrected chi connectivity index (χ4v) is 7.27. The molecule has 202 valence electrons. The third kappa shape index (κ3) is 3.54. The Labute approximate surface area is 244 Å². The van der Waals surface area contributed by atoms with Gasteiger partial charge in [0.1, 0.15) is 11.9 Å². The number of para-hydroxylation sites is 3. The summed E-state index contributed by atoms with van der Waals surface area (Å²) in [4.78, 5) is 10.5. The number of nitrogens with zero attached hydrogens (tertiary/aromatic N) is 3. The van der Waals surface area contributed by atoms with Gasteiger partial charge in [0.2, 0.25) is 5.95 Å². The number of ether oxygens (including phenoxy) is 1. The summed E-state index contributed by atoms with van der Waals surface area (Å²) in [5, 5.41) is 2.33. The molecule has 3 heterocycles. The van der Waals surface area contributed by atoms with Gasteiger partial charge in [0.05, 0.1) is 28.3 Å². The van der Waals surface area contributed by atoms with Crippen LogP contribution in [-0.2, 0) is 0 Å². The highest BCUT2D eigenvalue weighted by atomic mass is 16.5. The molecule has 2 unspecified atom stereocenters. The van der Waals surface area contributed by atoms with Crippen molar-refractivity contribution in [2.75, 3.05) is 0 Å². The summed E-state index contributed by atoms with van der Waals surface area (Å²) >= 11 is 0. The number of hydrogen-bond donors (Lipinski definition) is 0. The van der Waals surface area contributed by atoms with Crippen molar-refractivity contribution in [3.63, 3.8) is 0 Å². The summed E-state index contributed by atoms with van der Waals surface area (Å²) in [7, 11) is 0. The molecule has 2 atom stereocenters.